The van der Waals surface area contributed by atoms with Gasteiger partial charge in [-0.3, -0.25) is 5.32 Å². The lowest BCUT2D eigenvalue weighted by Crippen LogP contribution is -2.41. The maximum absolute atomic E-state index is 8.87. The van der Waals surface area contributed by atoms with Crippen molar-refractivity contribution in [3.05, 3.63) is 0 Å². The summed E-state index contributed by atoms with van der Waals surface area (Å²) in [5.41, 5.74) is 5.08. The van der Waals surface area contributed by atoms with Crippen LogP contribution in [0, 0.1) is 0 Å². The molecule has 0 aromatic carbocycles. The van der Waals surface area contributed by atoms with Gasteiger partial charge in [0.15, 0.2) is 0 Å². The van der Waals surface area contributed by atoms with Gasteiger partial charge in [0, 0.05) is 19.7 Å². The van der Waals surface area contributed by atoms with E-state index in [-0.39, 0.29) is 0 Å². The molecule has 15 heavy (non-hydrogen) atoms. The minimum absolute atomic E-state index is 0.319. The van der Waals surface area contributed by atoms with Gasteiger partial charge in [-0.25, -0.2) is 0 Å². The highest BCUT2D eigenvalue weighted by Crippen LogP contribution is 2.01. The highest BCUT2D eigenvalue weighted by molar-refractivity contribution is 4.58. The van der Waals surface area contributed by atoms with Gasteiger partial charge >= 0.3 is 0 Å². The molecule has 0 aromatic rings. The standard InChI is InChI=1S/C5H14N2O4.C3H8O/c6-1-2-7-4(8)3-5(9,10)11;1-2-3-4/h4,7-11H,1-3,6H2;4H,2-3H2,1H3. The predicted molar refractivity (Wildman–Crippen MR) is 54.4 cm³/mol. The molecule has 94 valence electrons. The Hall–Kier alpha value is -0.280. The summed E-state index contributed by atoms with van der Waals surface area (Å²) in [5.74, 6) is -2.83. The zero-order valence-corrected chi connectivity index (χ0v) is 8.93. The summed E-state index contributed by atoms with van der Waals surface area (Å²) in [6.45, 7) is 2.92. The van der Waals surface area contributed by atoms with Gasteiger partial charge in [-0.15, -0.1) is 0 Å². The van der Waals surface area contributed by atoms with E-state index in [0.29, 0.717) is 19.7 Å². The van der Waals surface area contributed by atoms with Crippen molar-refractivity contribution in [2.45, 2.75) is 32.0 Å². The fraction of sp³-hybridized carbons (Fsp3) is 1.00. The van der Waals surface area contributed by atoms with E-state index in [4.69, 9.17) is 31.3 Å². The molecule has 1 unspecified atom stereocenters. The number of nitrogens with one attached hydrogen (secondary N) is 1. The average Bonchev–Trinajstić information content (AvgIpc) is 2.12. The van der Waals surface area contributed by atoms with E-state index in [1.54, 1.807) is 0 Å². The van der Waals surface area contributed by atoms with Crippen LogP contribution < -0.4 is 11.1 Å². The Morgan fingerprint density at radius 3 is 2.07 bits per heavy atom. The largest absolute Gasteiger partial charge is 0.396 e. The molecule has 0 aromatic heterocycles. The Morgan fingerprint density at radius 1 is 1.33 bits per heavy atom. The molecule has 0 saturated heterocycles. The van der Waals surface area contributed by atoms with Crippen LogP contribution in [0.25, 0.3) is 0 Å². The summed E-state index contributed by atoms with van der Waals surface area (Å²) in [4.78, 5) is 0. The SMILES string of the molecule is CCCO.NCCNC(O)CC(O)(O)O. The summed E-state index contributed by atoms with van der Waals surface area (Å²) >= 11 is 0. The normalized spacial score (nSPS) is 13.0. The Bertz CT molecular complexity index is 127. The van der Waals surface area contributed by atoms with Crippen molar-refractivity contribution in [2.75, 3.05) is 19.7 Å². The van der Waals surface area contributed by atoms with Crippen LogP contribution in [0.15, 0.2) is 0 Å². The maximum atomic E-state index is 8.87. The predicted octanol–water partition coefficient (Wildman–Crippen LogP) is -2.74. The van der Waals surface area contributed by atoms with Crippen LogP contribution in [0.2, 0.25) is 0 Å². The zero-order chi connectivity index (χ0) is 12.3. The number of aliphatic hydroxyl groups excluding tert-OH is 2. The van der Waals surface area contributed by atoms with Crippen LogP contribution in [0.1, 0.15) is 19.8 Å². The van der Waals surface area contributed by atoms with Crippen molar-refractivity contribution < 1.29 is 25.5 Å². The van der Waals surface area contributed by atoms with Crippen LogP contribution in [0.4, 0.5) is 0 Å². The van der Waals surface area contributed by atoms with Crippen LogP contribution in [-0.4, -0.2) is 57.4 Å². The molecule has 0 heterocycles. The lowest BCUT2D eigenvalue weighted by Gasteiger charge is -2.18. The molecule has 0 bridgehead atoms. The second kappa shape index (κ2) is 10.2. The minimum Gasteiger partial charge on any atom is -0.396 e. The number of rotatable bonds is 6. The van der Waals surface area contributed by atoms with E-state index in [9.17, 15) is 0 Å². The number of nitrogens with two attached hydrogens (primary N) is 1. The number of hydrogen-bond acceptors (Lipinski definition) is 7. The van der Waals surface area contributed by atoms with Crippen molar-refractivity contribution in [1.82, 2.24) is 5.32 Å². The topological polar surface area (TPSA) is 139 Å². The molecule has 7 nitrogen and oxygen atoms in total. The molecule has 1 atom stereocenters. The van der Waals surface area contributed by atoms with Crippen molar-refractivity contribution in [2.24, 2.45) is 5.73 Å². The van der Waals surface area contributed by atoms with Crippen molar-refractivity contribution >= 4 is 0 Å². The van der Waals surface area contributed by atoms with Gasteiger partial charge in [-0.2, -0.15) is 0 Å². The molecule has 0 radical (unpaired) electrons. The van der Waals surface area contributed by atoms with Gasteiger partial charge in [0.1, 0.15) is 6.23 Å². The lowest BCUT2D eigenvalue weighted by molar-refractivity contribution is -0.323. The second-order valence-corrected chi connectivity index (χ2v) is 2.96. The first-order chi connectivity index (χ1) is 6.87. The highest BCUT2D eigenvalue weighted by atomic mass is 16.7. The molecule has 0 fully saturated rings. The summed E-state index contributed by atoms with van der Waals surface area (Å²) in [6, 6.07) is 0. The summed E-state index contributed by atoms with van der Waals surface area (Å²) < 4.78 is 0. The Balaban J connectivity index is 0. The summed E-state index contributed by atoms with van der Waals surface area (Å²) in [5, 5.41) is 44.3. The first-order valence-corrected chi connectivity index (χ1v) is 4.76. The van der Waals surface area contributed by atoms with E-state index in [0.717, 1.165) is 6.42 Å². The van der Waals surface area contributed by atoms with Crippen LogP contribution in [0.5, 0.6) is 0 Å². The first-order valence-electron chi connectivity index (χ1n) is 4.76. The molecule has 0 rings (SSSR count). The van der Waals surface area contributed by atoms with E-state index < -0.39 is 18.6 Å². The third-order valence-electron chi connectivity index (χ3n) is 1.22. The second-order valence-electron chi connectivity index (χ2n) is 2.96. The van der Waals surface area contributed by atoms with Gasteiger partial charge in [-0.1, -0.05) is 6.92 Å². The summed E-state index contributed by atoms with van der Waals surface area (Å²) in [6.07, 6.45) is -0.869. The van der Waals surface area contributed by atoms with Gasteiger partial charge in [-0.05, 0) is 6.42 Å². The monoisotopic (exact) mass is 226 g/mol. The quantitative estimate of drug-likeness (QED) is 0.244. The zero-order valence-electron chi connectivity index (χ0n) is 8.93. The molecular formula is C8H22N2O5. The fourth-order valence-corrected chi connectivity index (χ4v) is 0.582. The smallest absolute Gasteiger partial charge is 0.279 e. The Kier molecular flexibility index (Phi) is 11.7. The molecule has 0 aliphatic carbocycles. The average molecular weight is 226 g/mol. The number of hydrogen-bond donors (Lipinski definition) is 7. The molecule has 0 amide bonds. The van der Waals surface area contributed by atoms with Gasteiger partial charge < -0.3 is 31.3 Å². The molecule has 0 saturated carbocycles. The Labute approximate surface area is 89.2 Å². The third-order valence-corrected chi connectivity index (χ3v) is 1.22. The maximum Gasteiger partial charge on any atom is 0.279 e. The van der Waals surface area contributed by atoms with E-state index in [1.807, 2.05) is 6.92 Å². The Morgan fingerprint density at radius 2 is 1.80 bits per heavy atom. The first kappa shape index (κ1) is 17.1. The fourth-order valence-electron chi connectivity index (χ4n) is 0.582. The van der Waals surface area contributed by atoms with Gasteiger partial charge in [0.25, 0.3) is 5.97 Å². The summed E-state index contributed by atoms with van der Waals surface area (Å²) in [7, 11) is 0. The molecule has 0 aliphatic heterocycles. The van der Waals surface area contributed by atoms with Gasteiger partial charge in [0.05, 0.1) is 6.42 Å². The van der Waals surface area contributed by atoms with E-state index >= 15 is 0 Å². The van der Waals surface area contributed by atoms with Crippen molar-refractivity contribution in [3.8, 4) is 0 Å². The molecular weight excluding hydrogens is 204 g/mol. The van der Waals surface area contributed by atoms with E-state index in [2.05, 4.69) is 5.32 Å². The van der Waals surface area contributed by atoms with Crippen LogP contribution in [0.3, 0.4) is 0 Å². The van der Waals surface area contributed by atoms with Gasteiger partial charge in [0.2, 0.25) is 0 Å². The van der Waals surface area contributed by atoms with Crippen molar-refractivity contribution in [3.63, 3.8) is 0 Å². The lowest BCUT2D eigenvalue weighted by atomic mass is 10.3. The van der Waals surface area contributed by atoms with Crippen LogP contribution in [-0.2, 0) is 0 Å². The minimum atomic E-state index is -2.83. The highest BCUT2D eigenvalue weighted by Gasteiger charge is 2.22. The van der Waals surface area contributed by atoms with Crippen molar-refractivity contribution in [1.29, 1.82) is 0 Å². The van der Waals surface area contributed by atoms with E-state index in [1.165, 1.54) is 0 Å². The van der Waals surface area contributed by atoms with Crippen LogP contribution >= 0.6 is 0 Å². The number of aliphatic hydroxyl groups is 5. The molecule has 0 aliphatic rings. The third kappa shape index (κ3) is 19.9. The molecule has 8 N–H and O–H groups in total. The molecule has 0 spiro atoms. The molecule has 7 heteroatoms.